The van der Waals surface area contributed by atoms with Crippen molar-refractivity contribution in [3.05, 3.63) is 41.0 Å². The molecule has 20 heavy (non-hydrogen) atoms. The van der Waals surface area contributed by atoms with Crippen LogP contribution in [-0.2, 0) is 5.75 Å². The summed E-state index contributed by atoms with van der Waals surface area (Å²) in [6.45, 7) is 4.17. The number of rotatable bonds is 6. The van der Waals surface area contributed by atoms with Gasteiger partial charge in [-0.2, -0.15) is 4.98 Å². The molecule has 2 atom stereocenters. The highest BCUT2D eigenvalue weighted by Crippen LogP contribution is 2.29. The third kappa shape index (κ3) is 3.75. The van der Waals surface area contributed by atoms with Crippen LogP contribution in [0.2, 0.25) is 5.02 Å². The zero-order valence-corrected chi connectivity index (χ0v) is 13.1. The molecule has 2 rings (SSSR count). The largest absolute Gasteiger partial charge is 0.338 e. The third-order valence-corrected chi connectivity index (χ3v) is 4.73. The second-order valence-corrected chi connectivity index (χ2v) is 6.10. The van der Waals surface area contributed by atoms with E-state index < -0.39 is 0 Å². The van der Waals surface area contributed by atoms with Crippen molar-refractivity contribution in [2.24, 2.45) is 11.7 Å². The highest BCUT2D eigenvalue weighted by atomic mass is 35.5. The molecule has 2 aromatic rings. The van der Waals surface area contributed by atoms with Crippen LogP contribution in [0.1, 0.15) is 38.0 Å². The Morgan fingerprint density at radius 3 is 2.85 bits per heavy atom. The highest BCUT2D eigenvalue weighted by Gasteiger charge is 2.20. The lowest BCUT2D eigenvalue weighted by molar-refractivity contribution is 0.311. The van der Waals surface area contributed by atoms with Crippen molar-refractivity contribution in [2.45, 2.75) is 37.0 Å². The van der Waals surface area contributed by atoms with E-state index >= 15 is 0 Å². The number of aromatic nitrogens is 2. The standard InChI is InChI=1S/C14H18ClN3OS/c1-3-9(2)13(16)14-17-12(18-19-14)8-20-11-7-5-4-6-10(11)15/h4-7,9,13H,3,8,16H2,1-2H3/t9?,13-/m0/s1. The van der Waals surface area contributed by atoms with Crippen LogP contribution in [0.25, 0.3) is 0 Å². The molecule has 0 fully saturated rings. The summed E-state index contributed by atoms with van der Waals surface area (Å²) in [7, 11) is 0. The zero-order chi connectivity index (χ0) is 14.5. The van der Waals surface area contributed by atoms with Gasteiger partial charge in [0, 0.05) is 4.90 Å². The van der Waals surface area contributed by atoms with Gasteiger partial charge in [-0.3, -0.25) is 0 Å². The minimum absolute atomic E-state index is 0.202. The first-order valence-electron chi connectivity index (χ1n) is 6.57. The first kappa shape index (κ1) is 15.4. The normalized spacial score (nSPS) is 14.2. The number of thioether (sulfide) groups is 1. The lowest BCUT2D eigenvalue weighted by atomic mass is 10.0. The van der Waals surface area contributed by atoms with E-state index in [-0.39, 0.29) is 6.04 Å². The molecule has 108 valence electrons. The summed E-state index contributed by atoms with van der Waals surface area (Å²) < 4.78 is 5.24. The Bertz CT molecular complexity index is 561. The van der Waals surface area contributed by atoms with Crippen molar-refractivity contribution >= 4 is 23.4 Å². The zero-order valence-electron chi connectivity index (χ0n) is 11.5. The van der Waals surface area contributed by atoms with Crippen LogP contribution in [0.3, 0.4) is 0 Å². The van der Waals surface area contributed by atoms with E-state index in [9.17, 15) is 0 Å². The molecule has 0 aliphatic rings. The summed E-state index contributed by atoms with van der Waals surface area (Å²) in [5.41, 5.74) is 6.07. The number of hydrogen-bond acceptors (Lipinski definition) is 5. The Labute approximate surface area is 128 Å². The first-order valence-corrected chi connectivity index (χ1v) is 7.93. The fourth-order valence-electron chi connectivity index (χ4n) is 1.66. The van der Waals surface area contributed by atoms with Gasteiger partial charge in [-0.1, -0.05) is 49.2 Å². The summed E-state index contributed by atoms with van der Waals surface area (Å²) in [6.07, 6.45) is 0.979. The molecule has 4 nitrogen and oxygen atoms in total. The van der Waals surface area contributed by atoms with E-state index in [2.05, 4.69) is 24.0 Å². The molecule has 1 aromatic heterocycles. The van der Waals surface area contributed by atoms with Crippen LogP contribution in [-0.4, -0.2) is 10.1 Å². The van der Waals surface area contributed by atoms with Gasteiger partial charge in [-0.05, 0) is 18.1 Å². The Kier molecular flexibility index (Phi) is 5.46. The fourth-order valence-corrected chi connectivity index (χ4v) is 2.74. The van der Waals surface area contributed by atoms with Gasteiger partial charge in [0.1, 0.15) is 0 Å². The fraction of sp³-hybridized carbons (Fsp3) is 0.429. The van der Waals surface area contributed by atoms with Crippen LogP contribution >= 0.6 is 23.4 Å². The van der Waals surface area contributed by atoms with Crippen LogP contribution < -0.4 is 5.73 Å². The first-order chi connectivity index (χ1) is 9.61. The predicted molar refractivity (Wildman–Crippen MR) is 81.7 cm³/mol. The molecule has 0 amide bonds. The Balaban J connectivity index is 1.98. The smallest absolute Gasteiger partial charge is 0.243 e. The van der Waals surface area contributed by atoms with E-state index in [1.165, 1.54) is 0 Å². The highest BCUT2D eigenvalue weighted by molar-refractivity contribution is 7.98. The van der Waals surface area contributed by atoms with E-state index in [0.717, 1.165) is 16.3 Å². The minimum Gasteiger partial charge on any atom is -0.338 e. The molecular weight excluding hydrogens is 294 g/mol. The molecule has 1 unspecified atom stereocenters. The number of nitrogens with two attached hydrogens (primary N) is 1. The average molecular weight is 312 g/mol. The van der Waals surface area contributed by atoms with Gasteiger partial charge in [-0.15, -0.1) is 11.8 Å². The van der Waals surface area contributed by atoms with E-state index in [1.807, 2.05) is 24.3 Å². The van der Waals surface area contributed by atoms with Gasteiger partial charge >= 0.3 is 0 Å². The van der Waals surface area contributed by atoms with Crippen LogP contribution in [0, 0.1) is 5.92 Å². The van der Waals surface area contributed by atoms with E-state index in [1.54, 1.807) is 11.8 Å². The minimum atomic E-state index is -0.202. The molecule has 0 bridgehead atoms. The maximum absolute atomic E-state index is 6.10. The van der Waals surface area contributed by atoms with E-state index in [4.69, 9.17) is 21.9 Å². The van der Waals surface area contributed by atoms with Crippen LogP contribution in [0.5, 0.6) is 0 Å². The molecule has 6 heteroatoms. The molecule has 1 aromatic carbocycles. The topological polar surface area (TPSA) is 64.9 Å². The molecular formula is C14H18ClN3OS. The number of nitrogens with zero attached hydrogens (tertiary/aromatic N) is 2. The summed E-state index contributed by atoms with van der Waals surface area (Å²) in [5, 5.41) is 4.70. The monoisotopic (exact) mass is 311 g/mol. The molecule has 0 spiro atoms. The predicted octanol–water partition coefficient (Wildman–Crippen LogP) is 4.06. The quantitative estimate of drug-likeness (QED) is 0.815. The Morgan fingerprint density at radius 2 is 2.15 bits per heavy atom. The van der Waals surface area contributed by atoms with Gasteiger partial charge < -0.3 is 10.3 Å². The third-order valence-electron chi connectivity index (χ3n) is 3.22. The van der Waals surface area contributed by atoms with Crippen LogP contribution in [0.15, 0.2) is 33.7 Å². The van der Waals surface area contributed by atoms with Gasteiger partial charge in [0.15, 0.2) is 5.82 Å². The van der Waals surface area contributed by atoms with Gasteiger partial charge in [0.25, 0.3) is 0 Å². The van der Waals surface area contributed by atoms with Crippen molar-refractivity contribution in [1.82, 2.24) is 10.1 Å². The second-order valence-electron chi connectivity index (χ2n) is 4.68. The van der Waals surface area contributed by atoms with E-state index in [0.29, 0.717) is 23.4 Å². The Morgan fingerprint density at radius 1 is 1.40 bits per heavy atom. The lowest BCUT2D eigenvalue weighted by Crippen LogP contribution is -2.18. The summed E-state index contributed by atoms with van der Waals surface area (Å²) in [5.74, 6) is 2.08. The van der Waals surface area contributed by atoms with Crippen molar-refractivity contribution in [3.63, 3.8) is 0 Å². The molecule has 2 N–H and O–H groups in total. The lowest BCUT2D eigenvalue weighted by Gasteiger charge is -2.12. The van der Waals surface area contributed by atoms with Gasteiger partial charge in [0.05, 0.1) is 16.8 Å². The molecule has 0 radical (unpaired) electrons. The Hall–Kier alpha value is -1.04. The van der Waals surface area contributed by atoms with Crippen molar-refractivity contribution in [1.29, 1.82) is 0 Å². The number of benzene rings is 1. The van der Waals surface area contributed by atoms with Crippen LogP contribution in [0.4, 0.5) is 0 Å². The molecule has 0 saturated heterocycles. The summed E-state index contributed by atoms with van der Waals surface area (Å²) in [4.78, 5) is 5.36. The summed E-state index contributed by atoms with van der Waals surface area (Å²) >= 11 is 7.68. The molecule has 0 aliphatic heterocycles. The maximum atomic E-state index is 6.10. The SMILES string of the molecule is CCC(C)[C@H](N)c1nc(CSc2ccccc2Cl)no1. The average Bonchev–Trinajstić information content (AvgIpc) is 2.93. The second kappa shape index (κ2) is 7.11. The van der Waals surface area contributed by atoms with Gasteiger partial charge in [-0.25, -0.2) is 0 Å². The number of hydrogen-bond donors (Lipinski definition) is 1. The van der Waals surface area contributed by atoms with Crippen molar-refractivity contribution in [2.75, 3.05) is 0 Å². The van der Waals surface area contributed by atoms with Crippen molar-refractivity contribution in [3.8, 4) is 0 Å². The molecule has 1 heterocycles. The maximum Gasteiger partial charge on any atom is 0.243 e. The van der Waals surface area contributed by atoms with Crippen molar-refractivity contribution < 1.29 is 4.52 Å². The van der Waals surface area contributed by atoms with Gasteiger partial charge in [0.2, 0.25) is 5.89 Å². The molecule has 0 saturated carbocycles. The molecule has 0 aliphatic carbocycles. The summed E-state index contributed by atoms with van der Waals surface area (Å²) in [6, 6.07) is 7.49. The number of halogens is 1.